The van der Waals surface area contributed by atoms with Gasteiger partial charge < -0.3 is 15.0 Å². The van der Waals surface area contributed by atoms with Crippen LogP contribution in [-0.4, -0.2) is 47.1 Å². The van der Waals surface area contributed by atoms with Crippen LogP contribution in [0.2, 0.25) is 5.02 Å². The number of rotatable bonds is 7. The zero-order valence-electron chi connectivity index (χ0n) is 22.9. The largest absolute Gasteiger partial charge is 0.468 e. The van der Waals surface area contributed by atoms with Crippen molar-refractivity contribution in [3.05, 3.63) is 106 Å². The fraction of sp³-hybridized carbons (Fsp3) is 0.273. The van der Waals surface area contributed by atoms with Gasteiger partial charge in [0.15, 0.2) is 0 Å². The summed E-state index contributed by atoms with van der Waals surface area (Å²) in [7, 11) is 1.48. The van der Waals surface area contributed by atoms with Crippen molar-refractivity contribution in [3.8, 4) is 0 Å². The quantitative estimate of drug-likeness (QED) is 0.211. The van der Waals surface area contributed by atoms with E-state index in [0.29, 0.717) is 30.5 Å². The predicted molar refractivity (Wildman–Crippen MR) is 162 cm³/mol. The molecule has 204 valence electrons. The van der Waals surface area contributed by atoms with Gasteiger partial charge in [-0.05, 0) is 52.9 Å². The summed E-state index contributed by atoms with van der Waals surface area (Å²) in [5.41, 5.74) is 7.68. The van der Waals surface area contributed by atoms with Gasteiger partial charge in [-0.25, -0.2) is 0 Å². The minimum atomic E-state index is -0.415. The van der Waals surface area contributed by atoms with Crippen LogP contribution in [0.3, 0.4) is 0 Å². The fourth-order valence-electron chi connectivity index (χ4n) is 5.99. The third kappa shape index (κ3) is 4.82. The first kappa shape index (κ1) is 26.4. The lowest BCUT2D eigenvalue weighted by molar-refractivity contribution is -0.148. The van der Waals surface area contributed by atoms with Crippen molar-refractivity contribution < 1.29 is 9.53 Å². The van der Waals surface area contributed by atoms with Crippen molar-refractivity contribution in [2.75, 3.05) is 25.5 Å². The molecule has 0 radical (unpaired) electrons. The highest BCUT2D eigenvalue weighted by Crippen LogP contribution is 2.41. The molecule has 2 atom stereocenters. The number of nitrogens with zero attached hydrogens (tertiary/aromatic N) is 2. The van der Waals surface area contributed by atoms with E-state index < -0.39 is 6.04 Å². The number of ether oxygens (including phenoxy) is 1. The van der Waals surface area contributed by atoms with Crippen LogP contribution >= 0.6 is 11.6 Å². The van der Waals surface area contributed by atoms with Crippen molar-refractivity contribution >= 4 is 45.1 Å². The number of methoxy groups -OCH3 is 1. The molecule has 0 bridgehead atoms. The van der Waals surface area contributed by atoms with E-state index in [9.17, 15) is 4.79 Å². The molecule has 2 aromatic heterocycles. The first-order valence-corrected chi connectivity index (χ1v) is 14.1. The van der Waals surface area contributed by atoms with E-state index in [1.807, 2.05) is 30.3 Å². The van der Waals surface area contributed by atoms with Crippen LogP contribution in [0.5, 0.6) is 0 Å². The van der Waals surface area contributed by atoms with Crippen molar-refractivity contribution in [1.82, 2.24) is 14.9 Å². The molecule has 6 rings (SSSR count). The number of carbonyl (C=O) groups excluding carboxylic acids is 1. The Hall–Kier alpha value is -3.87. The van der Waals surface area contributed by atoms with Crippen LogP contribution in [-0.2, 0) is 16.0 Å². The number of aromatic amines is 1. The van der Waals surface area contributed by atoms with E-state index in [0.717, 1.165) is 38.8 Å². The number of para-hydroxylation sites is 1. The highest BCUT2D eigenvalue weighted by Gasteiger charge is 2.41. The van der Waals surface area contributed by atoms with Gasteiger partial charge in [-0.1, -0.05) is 67.9 Å². The summed E-state index contributed by atoms with van der Waals surface area (Å²) in [6.07, 6.45) is 2.37. The molecule has 0 amide bonds. The molecule has 40 heavy (non-hydrogen) atoms. The number of aromatic nitrogens is 2. The lowest BCUT2D eigenvalue weighted by atomic mass is 9.87. The lowest BCUT2D eigenvalue weighted by Crippen LogP contribution is -2.50. The Morgan fingerprint density at radius 3 is 2.67 bits per heavy atom. The van der Waals surface area contributed by atoms with Crippen LogP contribution in [0.4, 0.5) is 5.69 Å². The number of pyridine rings is 1. The number of fused-ring (bicyclic) bond motifs is 4. The van der Waals surface area contributed by atoms with Gasteiger partial charge in [-0.3, -0.25) is 14.7 Å². The van der Waals surface area contributed by atoms with E-state index in [-0.39, 0.29) is 12.0 Å². The second kappa shape index (κ2) is 11.0. The van der Waals surface area contributed by atoms with E-state index in [2.05, 4.69) is 76.5 Å². The van der Waals surface area contributed by atoms with E-state index in [1.54, 1.807) is 6.20 Å². The number of hydrogen-bond acceptors (Lipinski definition) is 5. The lowest BCUT2D eigenvalue weighted by Gasteiger charge is -2.41. The molecule has 7 heteroatoms. The average molecular weight is 553 g/mol. The highest BCUT2D eigenvalue weighted by atomic mass is 35.5. The van der Waals surface area contributed by atoms with Gasteiger partial charge in [0.1, 0.15) is 6.04 Å². The molecule has 1 aliphatic heterocycles. The van der Waals surface area contributed by atoms with E-state index in [1.165, 1.54) is 18.2 Å². The summed E-state index contributed by atoms with van der Waals surface area (Å²) in [5, 5.41) is 6.42. The zero-order valence-corrected chi connectivity index (χ0v) is 23.7. The number of hydrogen-bond donors (Lipinski definition) is 2. The third-order valence-corrected chi connectivity index (χ3v) is 8.27. The summed E-state index contributed by atoms with van der Waals surface area (Å²) in [6.45, 7) is 5.66. The zero-order chi connectivity index (χ0) is 27.8. The summed E-state index contributed by atoms with van der Waals surface area (Å²) in [6, 6.07) is 24.3. The highest BCUT2D eigenvalue weighted by molar-refractivity contribution is 6.31. The molecular formula is C33H33ClN4O2. The minimum Gasteiger partial charge on any atom is -0.468 e. The molecule has 0 fully saturated rings. The van der Waals surface area contributed by atoms with Crippen LogP contribution < -0.4 is 5.32 Å². The van der Waals surface area contributed by atoms with Crippen molar-refractivity contribution in [2.45, 2.75) is 38.3 Å². The third-order valence-electron chi connectivity index (χ3n) is 8.03. The normalized spacial score (nSPS) is 17.3. The second-order valence-electron chi connectivity index (χ2n) is 10.7. The van der Waals surface area contributed by atoms with Crippen LogP contribution in [0.1, 0.15) is 48.2 Å². The van der Waals surface area contributed by atoms with E-state index in [4.69, 9.17) is 16.3 Å². The number of nitrogens with one attached hydrogen (secondary N) is 2. The molecule has 6 nitrogen and oxygen atoms in total. The minimum absolute atomic E-state index is 0.128. The molecule has 0 saturated heterocycles. The Morgan fingerprint density at radius 2 is 1.90 bits per heavy atom. The molecule has 0 aliphatic carbocycles. The summed E-state index contributed by atoms with van der Waals surface area (Å²) in [4.78, 5) is 23.7. The molecule has 3 heterocycles. The Bertz CT molecular complexity index is 1680. The number of H-pyrrole nitrogens is 1. The Balaban J connectivity index is 1.39. The second-order valence-corrected chi connectivity index (χ2v) is 11.2. The molecule has 3 aromatic carbocycles. The Labute approximate surface area is 239 Å². The average Bonchev–Trinajstić information content (AvgIpc) is 3.34. The maximum absolute atomic E-state index is 13.3. The molecule has 0 spiro atoms. The summed E-state index contributed by atoms with van der Waals surface area (Å²) < 4.78 is 5.36. The smallest absolute Gasteiger partial charge is 0.323 e. The van der Waals surface area contributed by atoms with Gasteiger partial charge >= 0.3 is 5.97 Å². The maximum atomic E-state index is 13.3. The summed E-state index contributed by atoms with van der Waals surface area (Å²) >= 11 is 6.19. The maximum Gasteiger partial charge on any atom is 0.323 e. The van der Waals surface area contributed by atoms with Gasteiger partial charge in [0.25, 0.3) is 0 Å². The van der Waals surface area contributed by atoms with Crippen molar-refractivity contribution in [2.24, 2.45) is 0 Å². The number of esters is 1. The summed E-state index contributed by atoms with van der Waals surface area (Å²) in [5.74, 6) is 0.223. The number of benzene rings is 3. The molecule has 0 saturated carbocycles. The van der Waals surface area contributed by atoms with Gasteiger partial charge in [0.2, 0.25) is 0 Å². The van der Waals surface area contributed by atoms with Crippen molar-refractivity contribution in [1.29, 1.82) is 0 Å². The number of anilines is 1. The monoisotopic (exact) mass is 552 g/mol. The van der Waals surface area contributed by atoms with Gasteiger partial charge in [0.05, 0.1) is 18.7 Å². The number of carbonyl (C=O) groups is 1. The van der Waals surface area contributed by atoms with Gasteiger partial charge in [-0.15, -0.1) is 0 Å². The molecular weight excluding hydrogens is 520 g/mol. The SMILES string of the molecule is COC(=O)[C@@H]1Cc2c([nH]c3ccccc23)[C@@H](c2ccc(C(C)C)cc2)N1CCNc1ccnc2cc(Cl)ccc12. The molecule has 0 unspecified atom stereocenters. The first-order chi connectivity index (χ1) is 19.4. The topological polar surface area (TPSA) is 70.2 Å². The predicted octanol–water partition coefficient (Wildman–Crippen LogP) is 7.09. The molecule has 1 aliphatic rings. The van der Waals surface area contributed by atoms with Crippen LogP contribution in [0.25, 0.3) is 21.8 Å². The Kier molecular flexibility index (Phi) is 7.22. The Morgan fingerprint density at radius 1 is 1.10 bits per heavy atom. The standard InChI is InChI=1S/C33H33ClN4O2/c1-20(2)21-8-10-22(11-9-21)32-31-26(24-6-4-5-7-28(24)37-31)19-30(33(39)40-3)38(32)17-16-36-27-14-15-35-29-18-23(34)12-13-25(27)29/h4-15,18,20,30,32,37H,16-17,19H2,1-3H3,(H,35,36)/t30-,32+/m0/s1. The molecule has 5 aromatic rings. The van der Waals surface area contributed by atoms with E-state index >= 15 is 0 Å². The van der Waals surface area contributed by atoms with Crippen LogP contribution in [0, 0.1) is 0 Å². The first-order valence-electron chi connectivity index (χ1n) is 13.8. The van der Waals surface area contributed by atoms with Crippen LogP contribution in [0.15, 0.2) is 79.0 Å². The fourth-order valence-corrected chi connectivity index (χ4v) is 6.15. The molecule has 2 N–H and O–H groups in total. The van der Waals surface area contributed by atoms with Gasteiger partial charge in [-0.2, -0.15) is 0 Å². The van der Waals surface area contributed by atoms with Gasteiger partial charge in [0, 0.05) is 58.4 Å². The number of halogens is 1. The van der Waals surface area contributed by atoms with Crippen molar-refractivity contribution in [3.63, 3.8) is 0 Å².